The smallest absolute Gasteiger partial charge is 0.423 e. The van der Waals surface area contributed by atoms with Gasteiger partial charge in [0.15, 0.2) is 0 Å². The Kier molecular flexibility index (Phi) is 4.76. The van der Waals surface area contributed by atoms with Crippen LogP contribution in [0.2, 0.25) is 0 Å². The van der Waals surface area contributed by atoms with E-state index in [1.54, 1.807) is 7.05 Å². The number of hydrogen-bond donors (Lipinski definition) is 3. The van der Waals surface area contributed by atoms with Gasteiger partial charge in [-0.1, -0.05) is 0 Å². The van der Waals surface area contributed by atoms with Crippen LogP contribution >= 0.6 is 12.4 Å². The second-order valence-electron chi connectivity index (χ2n) is 2.40. The van der Waals surface area contributed by atoms with Crippen molar-refractivity contribution in [3.8, 4) is 0 Å². The number of anilines is 1. The van der Waals surface area contributed by atoms with Crippen molar-refractivity contribution in [2.75, 3.05) is 12.4 Å². The van der Waals surface area contributed by atoms with Crippen molar-refractivity contribution in [1.82, 2.24) is 0 Å². The Morgan fingerprint density at radius 3 is 2.38 bits per heavy atom. The van der Waals surface area contributed by atoms with Gasteiger partial charge in [-0.2, -0.15) is 0 Å². The summed E-state index contributed by atoms with van der Waals surface area (Å²) in [6.07, 6.45) is 0. The number of hydrogen-bond acceptors (Lipinski definition) is 3. The Bertz CT molecular complexity index is 285. The lowest BCUT2D eigenvalue weighted by Crippen LogP contribution is -2.30. The first-order chi connectivity index (χ1) is 5.63. The molecular weight excluding hydrogens is 195 g/mol. The van der Waals surface area contributed by atoms with Gasteiger partial charge in [-0.15, -0.1) is 12.4 Å². The van der Waals surface area contributed by atoms with E-state index in [0.29, 0.717) is 5.69 Å². The maximum atomic E-state index is 12.7. The molecule has 0 amide bonds. The summed E-state index contributed by atoms with van der Waals surface area (Å²) < 4.78 is 12.7. The number of rotatable bonds is 2. The molecule has 0 bridgehead atoms. The first-order valence-electron chi connectivity index (χ1n) is 3.48. The normalized spacial score (nSPS) is 8.92. The Morgan fingerprint density at radius 1 is 1.31 bits per heavy atom. The van der Waals surface area contributed by atoms with Crippen LogP contribution in [0.4, 0.5) is 10.1 Å². The number of halogens is 2. The van der Waals surface area contributed by atoms with Crippen molar-refractivity contribution in [1.29, 1.82) is 0 Å². The summed E-state index contributed by atoms with van der Waals surface area (Å²) in [5, 5.41) is 20.2. The fraction of sp³-hybridized carbons (Fsp3) is 0.143. The van der Waals surface area contributed by atoms with Crippen LogP contribution in [-0.2, 0) is 0 Å². The summed E-state index contributed by atoms with van der Waals surface area (Å²) in [4.78, 5) is 0. The summed E-state index contributed by atoms with van der Waals surface area (Å²) in [5.74, 6) is -0.495. The molecule has 0 atom stereocenters. The third-order valence-electron chi connectivity index (χ3n) is 1.51. The minimum atomic E-state index is -1.63. The lowest BCUT2D eigenvalue weighted by Gasteiger charge is -2.03. The topological polar surface area (TPSA) is 52.5 Å². The number of benzene rings is 1. The van der Waals surface area contributed by atoms with Crippen LogP contribution in [0.1, 0.15) is 0 Å². The van der Waals surface area contributed by atoms with Gasteiger partial charge in [-0.3, -0.25) is 0 Å². The Balaban J connectivity index is 0.00000144. The minimum absolute atomic E-state index is 0. The van der Waals surface area contributed by atoms with Crippen LogP contribution in [0.15, 0.2) is 18.2 Å². The van der Waals surface area contributed by atoms with Crippen LogP contribution in [-0.4, -0.2) is 24.2 Å². The van der Waals surface area contributed by atoms with Gasteiger partial charge in [0, 0.05) is 12.7 Å². The molecule has 6 heteroatoms. The first-order valence-corrected chi connectivity index (χ1v) is 3.48. The van der Waals surface area contributed by atoms with E-state index in [-0.39, 0.29) is 17.9 Å². The highest BCUT2D eigenvalue weighted by Gasteiger charge is 2.12. The maximum absolute atomic E-state index is 12.7. The van der Waals surface area contributed by atoms with Crippen molar-refractivity contribution in [2.24, 2.45) is 0 Å². The third kappa shape index (κ3) is 3.22. The van der Waals surface area contributed by atoms with Crippen molar-refractivity contribution in [2.45, 2.75) is 0 Å². The predicted molar refractivity (Wildman–Crippen MR) is 53.0 cm³/mol. The zero-order chi connectivity index (χ0) is 9.14. The second kappa shape index (κ2) is 5.06. The molecule has 1 aromatic rings. The van der Waals surface area contributed by atoms with Gasteiger partial charge in [0.2, 0.25) is 0 Å². The van der Waals surface area contributed by atoms with Crippen molar-refractivity contribution in [3.63, 3.8) is 0 Å². The minimum Gasteiger partial charge on any atom is -0.423 e. The zero-order valence-corrected chi connectivity index (χ0v) is 7.81. The van der Waals surface area contributed by atoms with E-state index in [1.807, 2.05) is 0 Å². The molecular formula is C7H10BClFNO2. The molecule has 1 aromatic carbocycles. The monoisotopic (exact) mass is 205 g/mol. The van der Waals surface area contributed by atoms with Crippen molar-refractivity contribution in [3.05, 3.63) is 24.0 Å². The molecule has 72 valence electrons. The Labute approximate surface area is 82.1 Å². The summed E-state index contributed by atoms with van der Waals surface area (Å²) in [6, 6.07) is 3.81. The SMILES string of the molecule is CNc1cc(F)cc(B(O)O)c1.Cl. The van der Waals surface area contributed by atoms with Crippen LogP contribution < -0.4 is 10.8 Å². The summed E-state index contributed by atoms with van der Waals surface area (Å²) in [7, 11) is -0.00438. The van der Waals surface area contributed by atoms with Crippen LogP contribution in [0.3, 0.4) is 0 Å². The van der Waals surface area contributed by atoms with E-state index in [9.17, 15) is 4.39 Å². The van der Waals surface area contributed by atoms with Gasteiger partial charge >= 0.3 is 7.12 Å². The summed E-state index contributed by atoms with van der Waals surface area (Å²) in [6.45, 7) is 0. The standard InChI is InChI=1S/C7H9BFNO2.ClH/c1-10-7-3-5(8(11)12)2-6(9)4-7;/h2-4,10-12H,1H3;1H. The average molecular weight is 205 g/mol. The fourth-order valence-electron chi connectivity index (χ4n) is 0.906. The predicted octanol–water partition coefficient (Wildman–Crippen LogP) is -0.0310. The molecule has 0 saturated heterocycles. The maximum Gasteiger partial charge on any atom is 0.488 e. The van der Waals surface area contributed by atoms with E-state index in [1.165, 1.54) is 12.1 Å². The van der Waals surface area contributed by atoms with Crippen molar-refractivity contribution >= 4 is 30.7 Å². The summed E-state index contributed by atoms with van der Waals surface area (Å²) in [5.41, 5.74) is 0.650. The zero-order valence-electron chi connectivity index (χ0n) is 6.99. The Hall–Kier alpha value is -0.775. The van der Waals surface area contributed by atoms with E-state index in [2.05, 4.69) is 5.32 Å². The van der Waals surface area contributed by atoms with E-state index in [0.717, 1.165) is 6.07 Å². The molecule has 0 aliphatic carbocycles. The van der Waals surface area contributed by atoms with Gasteiger partial charge in [-0.05, 0) is 23.7 Å². The first kappa shape index (κ1) is 12.2. The molecule has 0 aliphatic rings. The van der Waals surface area contributed by atoms with Crippen LogP contribution in [0.5, 0.6) is 0 Å². The van der Waals surface area contributed by atoms with E-state index >= 15 is 0 Å². The molecule has 0 aliphatic heterocycles. The molecule has 0 radical (unpaired) electrons. The highest BCUT2D eigenvalue weighted by Crippen LogP contribution is 2.06. The fourth-order valence-corrected chi connectivity index (χ4v) is 0.906. The Morgan fingerprint density at radius 2 is 1.92 bits per heavy atom. The molecule has 0 aromatic heterocycles. The molecule has 3 N–H and O–H groups in total. The van der Waals surface area contributed by atoms with Gasteiger partial charge in [-0.25, -0.2) is 4.39 Å². The quantitative estimate of drug-likeness (QED) is 0.594. The van der Waals surface area contributed by atoms with Gasteiger partial charge in [0.1, 0.15) is 5.82 Å². The summed E-state index contributed by atoms with van der Waals surface area (Å²) >= 11 is 0. The molecule has 0 fully saturated rings. The van der Waals surface area contributed by atoms with Crippen molar-refractivity contribution < 1.29 is 14.4 Å². The van der Waals surface area contributed by atoms with Crippen LogP contribution in [0, 0.1) is 5.82 Å². The molecule has 0 spiro atoms. The lowest BCUT2D eigenvalue weighted by atomic mass is 9.80. The van der Waals surface area contributed by atoms with Gasteiger partial charge in [0.25, 0.3) is 0 Å². The largest absolute Gasteiger partial charge is 0.488 e. The molecule has 0 heterocycles. The van der Waals surface area contributed by atoms with Crippen LogP contribution in [0.25, 0.3) is 0 Å². The number of nitrogens with one attached hydrogen (secondary N) is 1. The van der Waals surface area contributed by atoms with E-state index < -0.39 is 12.9 Å². The molecule has 0 saturated carbocycles. The van der Waals surface area contributed by atoms with Gasteiger partial charge in [0.05, 0.1) is 0 Å². The second-order valence-corrected chi connectivity index (χ2v) is 2.40. The third-order valence-corrected chi connectivity index (χ3v) is 1.51. The van der Waals surface area contributed by atoms with Gasteiger partial charge < -0.3 is 15.4 Å². The highest BCUT2D eigenvalue weighted by molar-refractivity contribution is 6.58. The lowest BCUT2D eigenvalue weighted by molar-refractivity contribution is 0.425. The van der Waals surface area contributed by atoms with E-state index in [4.69, 9.17) is 10.0 Å². The molecule has 1 rings (SSSR count). The average Bonchev–Trinajstić information content (AvgIpc) is 2.03. The molecule has 3 nitrogen and oxygen atoms in total. The highest BCUT2D eigenvalue weighted by atomic mass is 35.5. The molecule has 13 heavy (non-hydrogen) atoms. The molecule has 0 unspecified atom stereocenters.